The van der Waals surface area contributed by atoms with Crippen molar-refractivity contribution in [1.29, 1.82) is 0 Å². The molecule has 0 radical (unpaired) electrons. The number of nitrogens with one attached hydrogen (secondary N) is 3. The summed E-state index contributed by atoms with van der Waals surface area (Å²) in [4.78, 5) is 46.8. The van der Waals surface area contributed by atoms with E-state index in [1.165, 1.54) is 6.92 Å². The highest BCUT2D eigenvalue weighted by molar-refractivity contribution is 5.93. The minimum absolute atomic E-state index is 0.0333. The summed E-state index contributed by atoms with van der Waals surface area (Å²) in [6.07, 6.45) is 0.218. The average molecular weight is 376 g/mol. The third-order valence-electron chi connectivity index (χ3n) is 3.42. The Kier molecular flexibility index (Phi) is 10.4. The van der Waals surface area contributed by atoms with E-state index >= 15 is 0 Å². The minimum Gasteiger partial charge on any atom is -0.480 e. The van der Waals surface area contributed by atoms with Gasteiger partial charge in [0.1, 0.15) is 24.2 Å². The summed E-state index contributed by atoms with van der Waals surface area (Å²) in [5, 5.41) is 33.8. The Morgan fingerprint density at radius 2 is 1.38 bits per heavy atom. The van der Waals surface area contributed by atoms with Gasteiger partial charge in [0, 0.05) is 0 Å². The first-order chi connectivity index (χ1) is 12.0. The Bertz CT molecular complexity index is 512. The largest absolute Gasteiger partial charge is 0.480 e. The van der Waals surface area contributed by atoms with Crippen LogP contribution in [0.3, 0.4) is 0 Å². The van der Waals surface area contributed by atoms with Gasteiger partial charge in [-0.1, -0.05) is 13.8 Å². The highest BCUT2D eigenvalue weighted by atomic mass is 16.4. The molecule has 0 saturated carbocycles. The molecule has 0 fully saturated rings. The van der Waals surface area contributed by atoms with Crippen LogP contribution in [0, 0.1) is 5.92 Å². The van der Waals surface area contributed by atoms with Crippen molar-refractivity contribution >= 4 is 23.7 Å². The molecule has 4 atom stereocenters. The van der Waals surface area contributed by atoms with E-state index in [1.54, 1.807) is 13.8 Å². The van der Waals surface area contributed by atoms with Crippen molar-refractivity contribution in [1.82, 2.24) is 16.0 Å². The van der Waals surface area contributed by atoms with Crippen molar-refractivity contribution in [2.75, 3.05) is 13.2 Å². The number of amides is 3. The number of aliphatic hydroxyl groups excluding tert-OH is 2. The lowest BCUT2D eigenvalue weighted by Crippen LogP contribution is -2.57. The lowest BCUT2D eigenvalue weighted by atomic mass is 10.0. The van der Waals surface area contributed by atoms with Crippen LogP contribution in [0.2, 0.25) is 0 Å². The number of aliphatic hydroxyl groups is 2. The fourth-order valence-corrected chi connectivity index (χ4v) is 1.92. The van der Waals surface area contributed by atoms with E-state index < -0.39 is 61.1 Å². The molecule has 0 aromatic carbocycles. The van der Waals surface area contributed by atoms with E-state index in [-0.39, 0.29) is 12.3 Å². The van der Waals surface area contributed by atoms with Gasteiger partial charge in [-0.05, 0) is 19.3 Å². The molecule has 0 saturated heterocycles. The highest BCUT2D eigenvalue weighted by Crippen LogP contribution is 2.05. The van der Waals surface area contributed by atoms with Crippen LogP contribution in [-0.2, 0) is 19.2 Å². The first-order valence-corrected chi connectivity index (χ1v) is 8.14. The normalized spacial score (nSPS) is 15.5. The fraction of sp³-hybridized carbons (Fsp3) is 0.733. The zero-order valence-electron chi connectivity index (χ0n) is 15.1. The number of carbonyl (C=O) groups excluding carboxylic acids is 3. The standard InChI is InChI=1S/C15H28N4O7/c1-7(2)4-10(15(25)26)18-12(22)8(3)17-14(24)11(6-21)19-13(23)9(16)5-20/h7-11,20-21H,4-6,16H2,1-3H3,(H,17,24)(H,18,22)(H,19,23)(H,25,26). The second kappa shape index (κ2) is 11.4. The van der Waals surface area contributed by atoms with Crippen molar-refractivity contribution in [3.05, 3.63) is 0 Å². The third-order valence-corrected chi connectivity index (χ3v) is 3.42. The number of carboxylic acid groups (broad SMARTS) is 1. The molecule has 0 aliphatic carbocycles. The number of aliphatic carboxylic acids is 1. The van der Waals surface area contributed by atoms with Crippen LogP contribution < -0.4 is 21.7 Å². The average Bonchev–Trinajstić information content (AvgIpc) is 2.56. The maximum Gasteiger partial charge on any atom is 0.326 e. The predicted molar refractivity (Wildman–Crippen MR) is 90.7 cm³/mol. The molecular formula is C15H28N4O7. The molecule has 0 spiro atoms. The molecule has 4 unspecified atom stereocenters. The summed E-state index contributed by atoms with van der Waals surface area (Å²) in [7, 11) is 0. The molecule has 0 aromatic rings. The first-order valence-electron chi connectivity index (χ1n) is 8.14. The van der Waals surface area contributed by atoms with Gasteiger partial charge in [-0.25, -0.2) is 4.79 Å². The number of rotatable bonds is 11. The molecule has 0 bridgehead atoms. The molecule has 0 rings (SSSR count). The molecule has 11 heteroatoms. The summed E-state index contributed by atoms with van der Waals surface area (Å²) in [5.74, 6) is -3.58. The van der Waals surface area contributed by atoms with Crippen LogP contribution in [0.25, 0.3) is 0 Å². The molecule has 3 amide bonds. The molecule has 0 aliphatic rings. The molecule has 0 heterocycles. The molecule has 0 aliphatic heterocycles. The van der Waals surface area contributed by atoms with Gasteiger partial charge in [-0.15, -0.1) is 0 Å². The zero-order chi connectivity index (χ0) is 20.4. The monoisotopic (exact) mass is 376 g/mol. The van der Waals surface area contributed by atoms with E-state index in [0.717, 1.165) is 0 Å². The van der Waals surface area contributed by atoms with Crippen LogP contribution in [0.5, 0.6) is 0 Å². The lowest BCUT2D eigenvalue weighted by Gasteiger charge is -2.22. The third kappa shape index (κ3) is 8.23. The topological polar surface area (TPSA) is 191 Å². The van der Waals surface area contributed by atoms with Crippen molar-refractivity contribution in [3.63, 3.8) is 0 Å². The second-order valence-corrected chi connectivity index (χ2v) is 6.29. The maximum absolute atomic E-state index is 12.1. The number of carboxylic acids is 1. The summed E-state index contributed by atoms with van der Waals surface area (Å²) in [6.45, 7) is 3.54. The van der Waals surface area contributed by atoms with Gasteiger partial charge >= 0.3 is 5.97 Å². The summed E-state index contributed by atoms with van der Waals surface area (Å²) < 4.78 is 0. The van der Waals surface area contributed by atoms with Crippen molar-refractivity contribution < 1.29 is 34.5 Å². The first kappa shape index (κ1) is 23.8. The highest BCUT2D eigenvalue weighted by Gasteiger charge is 2.28. The number of nitrogens with two attached hydrogens (primary N) is 1. The predicted octanol–water partition coefficient (Wildman–Crippen LogP) is -3.10. The Balaban J connectivity index is 4.77. The fourth-order valence-electron chi connectivity index (χ4n) is 1.92. The van der Waals surface area contributed by atoms with E-state index in [9.17, 15) is 24.3 Å². The van der Waals surface area contributed by atoms with Crippen molar-refractivity contribution in [2.45, 2.75) is 51.4 Å². The SMILES string of the molecule is CC(C)CC(NC(=O)C(C)NC(=O)C(CO)NC(=O)C(N)CO)C(=O)O. The van der Waals surface area contributed by atoms with E-state index in [2.05, 4.69) is 16.0 Å². The van der Waals surface area contributed by atoms with Crippen LogP contribution >= 0.6 is 0 Å². The molecule has 0 aromatic heterocycles. The van der Waals surface area contributed by atoms with Crippen LogP contribution in [0.15, 0.2) is 0 Å². The molecule has 26 heavy (non-hydrogen) atoms. The Labute approximate surface area is 151 Å². The Hall–Kier alpha value is -2.24. The number of hydrogen-bond donors (Lipinski definition) is 7. The van der Waals surface area contributed by atoms with E-state index in [1.807, 2.05) is 0 Å². The van der Waals surface area contributed by atoms with E-state index in [0.29, 0.717) is 0 Å². The van der Waals surface area contributed by atoms with Crippen molar-refractivity contribution in [3.8, 4) is 0 Å². The molecule has 11 nitrogen and oxygen atoms in total. The minimum atomic E-state index is -1.37. The quantitative estimate of drug-likeness (QED) is 0.197. The van der Waals surface area contributed by atoms with Crippen LogP contribution in [-0.4, -0.2) is 76.4 Å². The van der Waals surface area contributed by atoms with Gasteiger partial charge in [0.05, 0.1) is 13.2 Å². The van der Waals surface area contributed by atoms with Gasteiger partial charge in [0.25, 0.3) is 0 Å². The molecule has 150 valence electrons. The summed E-state index contributed by atoms with van der Waals surface area (Å²) in [6, 6.07) is -4.84. The van der Waals surface area contributed by atoms with Crippen LogP contribution in [0.1, 0.15) is 27.2 Å². The maximum atomic E-state index is 12.1. The van der Waals surface area contributed by atoms with Gasteiger partial charge in [-0.2, -0.15) is 0 Å². The van der Waals surface area contributed by atoms with Gasteiger partial charge in [0.15, 0.2) is 0 Å². The Morgan fingerprint density at radius 1 is 0.846 bits per heavy atom. The molecule has 8 N–H and O–H groups in total. The second-order valence-electron chi connectivity index (χ2n) is 6.29. The van der Waals surface area contributed by atoms with Gasteiger partial charge < -0.3 is 37.0 Å². The zero-order valence-corrected chi connectivity index (χ0v) is 15.1. The smallest absolute Gasteiger partial charge is 0.326 e. The Morgan fingerprint density at radius 3 is 1.81 bits per heavy atom. The van der Waals surface area contributed by atoms with Crippen molar-refractivity contribution in [2.24, 2.45) is 11.7 Å². The number of hydrogen-bond acceptors (Lipinski definition) is 7. The number of carbonyl (C=O) groups is 4. The summed E-state index contributed by atoms with van der Waals surface area (Å²) >= 11 is 0. The van der Waals surface area contributed by atoms with E-state index in [4.69, 9.17) is 15.9 Å². The lowest BCUT2D eigenvalue weighted by molar-refractivity contribution is -0.142. The molecular weight excluding hydrogens is 348 g/mol. The van der Waals surface area contributed by atoms with Gasteiger partial charge in [-0.3, -0.25) is 14.4 Å². The van der Waals surface area contributed by atoms with Crippen LogP contribution in [0.4, 0.5) is 0 Å². The summed E-state index contributed by atoms with van der Waals surface area (Å²) in [5.41, 5.74) is 5.30. The van der Waals surface area contributed by atoms with Gasteiger partial charge in [0.2, 0.25) is 17.7 Å².